The summed E-state index contributed by atoms with van der Waals surface area (Å²) < 4.78 is 5.55. The van der Waals surface area contributed by atoms with Gasteiger partial charge in [-0.15, -0.1) is 0 Å². The first-order valence-corrected chi connectivity index (χ1v) is 9.63. The number of amides is 1. The van der Waals surface area contributed by atoms with Crippen molar-refractivity contribution in [3.05, 3.63) is 114 Å². The van der Waals surface area contributed by atoms with Gasteiger partial charge in [-0.25, -0.2) is 4.79 Å². The van der Waals surface area contributed by atoms with Gasteiger partial charge < -0.3 is 9.64 Å². The van der Waals surface area contributed by atoms with E-state index in [-0.39, 0.29) is 12.2 Å². The Morgan fingerprint density at radius 2 is 1.39 bits per heavy atom. The lowest BCUT2D eigenvalue weighted by Crippen LogP contribution is -2.25. The number of hydrogen-bond acceptors (Lipinski definition) is 2. The minimum atomic E-state index is -0.233. The topological polar surface area (TPSA) is 29.5 Å². The average Bonchev–Trinajstić information content (AvgIpc) is 3.14. The molecule has 0 bridgehead atoms. The summed E-state index contributed by atoms with van der Waals surface area (Å²) in [6, 6.07) is 30.6. The SMILES string of the molecule is O=C1OC(c2ccccc2)CN1CCC=C(c1ccccc1)c1ccccc1. The molecule has 140 valence electrons. The Morgan fingerprint density at radius 3 is 1.96 bits per heavy atom. The van der Waals surface area contributed by atoms with Crippen LogP contribution in [0.3, 0.4) is 0 Å². The summed E-state index contributed by atoms with van der Waals surface area (Å²) in [6.07, 6.45) is 2.58. The lowest BCUT2D eigenvalue weighted by Gasteiger charge is -2.13. The summed E-state index contributed by atoms with van der Waals surface area (Å²) in [4.78, 5) is 14.1. The fraction of sp³-hybridized carbons (Fsp3) is 0.160. The van der Waals surface area contributed by atoms with E-state index < -0.39 is 0 Å². The largest absolute Gasteiger partial charge is 0.439 e. The van der Waals surface area contributed by atoms with Crippen molar-refractivity contribution < 1.29 is 9.53 Å². The lowest BCUT2D eigenvalue weighted by atomic mass is 9.97. The van der Waals surface area contributed by atoms with Gasteiger partial charge in [-0.2, -0.15) is 0 Å². The fourth-order valence-corrected chi connectivity index (χ4v) is 3.53. The van der Waals surface area contributed by atoms with Gasteiger partial charge in [0.1, 0.15) is 6.10 Å². The summed E-state index contributed by atoms with van der Waals surface area (Å²) in [6.45, 7) is 1.24. The van der Waals surface area contributed by atoms with E-state index in [4.69, 9.17) is 4.74 Å². The van der Waals surface area contributed by atoms with E-state index in [2.05, 4.69) is 54.6 Å². The second-order valence-corrected chi connectivity index (χ2v) is 6.87. The number of nitrogens with zero attached hydrogens (tertiary/aromatic N) is 1. The lowest BCUT2D eigenvalue weighted by molar-refractivity contribution is 0.133. The van der Waals surface area contributed by atoms with E-state index in [0.29, 0.717) is 13.1 Å². The molecule has 1 fully saturated rings. The smallest absolute Gasteiger partial charge is 0.410 e. The molecule has 1 heterocycles. The number of benzene rings is 3. The molecule has 4 rings (SSSR count). The maximum atomic E-state index is 12.3. The maximum Gasteiger partial charge on any atom is 0.410 e. The van der Waals surface area contributed by atoms with E-state index in [9.17, 15) is 4.79 Å². The molecular weight excluding hydrogens is 346 g/mol. The van der Waals surface area contributed by atoms with Crippen LogP contribution in [-0.2, 0) is 4.74 Å². The zero-order chi connectivity index (χ0) is 19.2. The third-order valence-corrected chi connectivity index (χ3v) is 4.98. The Bertz CT molecular complexity index is 895. The van der Waals surface area contributed by atoms with Gasteiger partial charge >= 0.3 is 6.09 Å². The first-order chi connectivity index (χ1) is 13.8. The average molecular weight is 369 g/mol. The summed E-state index contributed by atoms with van der Waals surface area (Å²) >= 11 is 0. The predicted octanol–water partition coefficient (Wildman–Crippen LogP) is 5.70. The first kappa shape index (κ1) is 18.1. The quantitative estimate of drug-likeness (QED) is 0.558. The van der Waals surface area contributed by atoms with Crippen LogP contribution >= 0.6 is 0 Å². The van der Waals surface area contributed by atoms with Crippen molar-refractivity contribution in [3.8, 4) is 0 Å². The summed E-state index contributed by atoms with van der Waals surface area (Å²) in [7, 11) is 0. The molecule has 1 aliphatic heterocycles. The number of carbonyl (C=O) groups excluding carboxylic acids is 1. The Hall–Kier alpha value is -3.33. The molecule has 0 spiro atoms. The Balaban J connectivity index is 1.47. The van der Waals surface area contributed by atoms with Gasteiger partial charge in [-0.05, 0) is 28.7 Å². The molecule has 28 heavy (non-hydrogen) atoms. The van der Waals surface area contributed by atoms with Crippen LogP contribution in [0.15, 0.2) is 97.1 Å². The van der Waals surface area contributed by atoms with E-state index in [0.717, 1.165) is 12.0 Å². The van der Waals surface area contributed by atoms with Crippen LogP contribution < -0.4 is 0 Å². The molecule has 1 atom stereocenters. The molecule has 3 nitrogen and oxygen atoms in total. The van der Waals surface area contributed by atoms with Gasteiger partial charge in [0.25, 0.3) is 0 Å². The van der Waals surface area contributed by atoms with Crippen molar-refractivity contribution in [3.63, 3.8) is 0 Å². The van der Waals surface area contributed by atoms with Crippen LogP contribution in [0.4, 0.5) is 4.79 Å². The van der Waals surface area contributed by atoms with Crippen LogP contribution in [0.1, 0.15) is 29.2 Å². The number of hydrogen-bond donors (Lipinski definition) is 0. The van der Waals surface area contributed by atoms with Gasteiger partial charge in [0.05, 0.1) is 6.54 Å². The van der Waals surface area contributed by atoms with Gasteiger partial charge in [0.2, 0.25) is 0 Å². The van der Waals surface area contributed by atoms with Gasteiger partial charge in [-0.1, -0.05) is 97.1 Å². The zero-order valence-corrected chi connectivity index (χ0v) is 15.7. The van der Waals surface area contributed by atoms with Crippen molar-refractivity contribution in [2.24, 2.45) is 0 Å². The first-order valence-electron chi connectivity index (χ1n) is 9.63. The van der Waals surface area contributed by atoms with E-state index in [1.165, 1.54) is 16.7 Å². The minimum absolute atomic E-state index is 0.180. The van der Waals surface area contributed by atoms with Crippen molar-refractivity contribution in [2.75, 3.05) is 13.1 Å². The highest BCUT2D eigenvalue weighted by molar-refractivity contribution is 5.79. The monoisotopic (exact) mass is 369 g/mol. The summed E-state index contributed by atoms with van der Waals surface area (Å²) in [5.74, 6) is 0. The third-order valence-electron chi connectivity index (χ3n) is 4.98. The molecular formula is C25H23NO2. The Morgan fingerprint density at radius 1 is 0.857 bits per heavy atom. The minimum Gasteiger partial charge on any atom is -0.439 e. The second-order valence-electron chi connectivity index (χ2n) is 6.87. The molecule has 0 saturated carbocycles. The van der Waals surface area contributed by atoms with Crippen molar-refractivity contribution in [1.29, 1.82) is 0 Å². The molecule has 0 aliphatic carbocycles. The number of cyclic esters (lactones) is 1. The van der Waals surface area contributed by atoms with E-state index >= 15 is 0 Å². The van der Waals surface area contributed by atoms with E-state index in [1.807, 2.05) is 42.5 Å². The number of rotatable bonds is 6. The molecule has 3 aromatic rings. The molecule has 0 N–H and O–H groups in total. The molecule has 1 aliphatic rings. The number of carbonyl (C=O) groups is 1. The third kappa shape index (κ3) is 4.15. The molecule has 3 aromatic carbocycles. The summed E-state index contributed by atoms with van der Waals surface area (Å²) in [5.41, 5.74) is 4.59. The van der Waals surface area contributed by atoms with Crippen molar-refractivity contribution in [1.82, 2.24) is 4.90 Å². The standard InChI is InChI=1S/C25H23NO2/c27-25-26(19-24(28-25)22-15-8-3-9-16-22)18-10-17-23(20-11-4-1-5-12-20)21-13-6-2-7-14-21/h1-9,11-17,24H,10,18-19H2. The van der Waals surface area contributed by atoms with Crippen LogP contribution in [-0.4, -0.2) is 24.1 Å². The maximum absolute atomic E-state index is 12.3. The summed E-state index contributed by atoms with van der Waals surface area (Å²) in [5, 5.41) is 0. The highest BCUT2D eigenvalue weighted by Gasteiger charge is 2.31. The molecule has 1 saturated heterocycles. The molecule has 1 amide bonds. The van der Waals surface area contributed by atoms with Crippen LogP contribution in [0, 0.1) is 0 Å². The second kappa shape index (κ2) is 8.57. The van der Waals surface area contributed by atoms with E-state index in [1.54, 1.807) is 4.90 Å². The molecule has 0 aromatic heterocycles. The van der Waals surface area contributed by atoms with Crippen LogP contribution in [0.5, 0.6) is 0 Å². The molecule has 0 radical (unpaired) electrons. The van der Waals surface area contributed by atoms with Gasteiger partial charge in [-0.3, -0.25) is 0 Å². The van der Waals surface area contributed by atoms with Gasteiger partial charge in [0, 0.05) is 6.54 Å². The normalized spacial score (nSPS) is 15.9. The predicted molar refractivity (Wildman–Crippen MR) is 112 cm³/mol. The van der Waals surface area contributed by atoms with Crippen LogP contribution in [0.2, 0.25) is 0 Å². The van der Waals surface area contributed by atoms with Crippen LogP contribution in [0.25, 0.3) is 5.57 Å². The Labute approximate surface area is 165 Å². The zero-order valence-electron chi connectivity index (χ0n) is 15.7. The molecule has 3 heteroatoms. The highest BCUT2D eigenvalue weighted by Crippen LogP contribution is 2.27. The number of ether oxygens (including phenoxy) is 1. The van der Waals surface area contributed by atoms with Gasteiger partial charge in [0.15, 0.2) is 0 Å². The van der Waals surface area contributed by atoms with Crippen molar-refractivity contribution in [2.45, 2.75) is 12.5 Å². The Kier molecular flexibility index (Phi) is 5.53. The van der Waals surface area contributed by atoms with Crippen molar-refractivity contribution >= 4 is 11.7 Å². The highest BCUT2D eigenvalue weighted by atomic mass is 16.6. The fourth-order valence-electron chi connectivity index (χ4n) is 3.53. The molecule has 1 unspecified atom stereocenters.